The van der Waals surface area contributed by atoms with Crippen molar-refractivity contribution in [3.8, 4) is 0 Å². The van der Waals surface area contributed by atoms with Gasteiger partial charge in [0.15, 0.2) is 0 Å². The first-order valence-corrected chi connectivity index (χ1v) is 11.8. The van der Waals surface area contributed by atoms with Crippen molar-refractivity contribution in [3.63, 3.8) is 0 Å². The summed E-state index contributed by atoms with van der Waals surface area (Å²) >= 11 is 0.558. The SMILES string of the molecule is [CH2-]CCCCC1(CCC)NC(=O)C(c2cccc[c]2[Tl])=C1OC(=O)OCC.[CH3-].[U+2]. The zero-order chi connectivity index (χ0) is 19.9. The minimum atomic E-state index is -0.757. The molecule has 0 aromatic heterocycles. The summed E-state index contributed by atoms with van der Waals surface area (Å²) in [4.78, 5) is 25.2. The van der Waals surface area contributed by atoms with Crippen molar-refractivity contribution < 1.29 is 50.2 Å². The van der Waals surface area contributed by atoms with Crippen LogP contribution in [0.3, 0.4) is 0 Å². The van der Waals surface area contributed by atoms with Gasteiger partial charge in [0, 0.05) is 0 Å². The maximum Gasteiger partial charge on any atom is 2.00 e. The summed E-state index contributed by atoms with van der Waals surface area (Å²) < 4.78 is 11.8. The number of unbranched alkanes of at least 4 members (excludes halogenated alkanes) is 2. The summed E-state index contributed by atoms with van der Waals surface area (Å²) in [6.45, 7) is 7.93. The van der Waals surface area contributed by atoms with Gasteiger partial charge in [-0.2, -0.15) is 0 Å². The molecule has 0 aliphatic carbocycles. The quantitative estimate of drug-likeness (QED) is 0.178. The first-order chi connectivity index (χ1) is 13.0. The van der Waals surface area contributed by atoms with Crippen LogP contribution in [-0.2, 0) is 14.3 Å². The van der Waals surface area contributed by atoms with Crippen LogP contribution < -0.4 is 8.44 Å². The molecule has 1 unspecified atom stereocenters. The molecular formula is C22H30NO4TlU. The van der Waals surface area contributed by atoms with Gasteiger partial charge >= 0.3 is 209 Å². The Bertz CT molecular complexity index is 723. The Hall–Kier alpha value is -0.326. The second-order valence-corrected chi connectivity index (χ2v) is 9.09. The van der Waals surface area contributed by atoms with E-state index in [2.05, 4.69) is 19.2 Å². The van der Waals surface area contributed by atoms with E-state index in [9.17, 15) is 9.59 Å². The Kier molecular flexibility index (Phi) is 13.7. The average molecular weight is 815 g/mol. The number of hydrogen-bond acceptors (Lipinski definition) is 4. The number of rotatable bonds is 9. The van der Waals surface area contributed by atoms with Gasteiger partial charge in [0.2, 0.25) is 0 Å². The Morgan fingerprint density at radius 2 is 1.90 bits per heavy atom. The predicted octanol–water partition coefficient (Wildman–Crippen LogP) is 3.88. The fourth-order valence-electron chi connectivity index (χ4n) is 3.54. The molecule has 0 fully saturated rings. The second-order valence-electron chi connectivity index (χ2n) is 6.67. The molecular weight excluding hydrogens is 785 g/mol. The van der Waals surface area contributed by atoms with Crippen LogP contribution in [0.15, 0.2) is 30.0 Å². The monoisotopic (exact) mass is 815 g/mol. The summed E-state index contributed by atoms with van der Waals surface area (Å²) in [5.41, 5.74) is 0.662. The van der Waals surface area contributed by atoms with Gasteiger partial charge in [-0.05, 0) is 0 Å². The Labute approximate surface area is 214 Å². The van der Waals surface area contributed by atoms with E-state index in [1.807, 2.05) is 24.3 Å². The molecule has 1 heterocycles. The smallest absolute Gasteiger partial charge is 0.358 e. The molecule has 1 N–H and O–H groups in total. The molecule has 1 amide bonds. The molecule has 0 radical (unpaired) electrons. The van der Waals surface area contributed by atoms with Crippen LogP contribution in [-0.4, -0.2) is 50.0 Å². The van der Waals surface area contributed by atoms with Crippen molar-refractivity contribution >= 4 is 46.5 Å². The normalized spacial score (nSPS) is 17.8. The van der Waals surface area contributed by atoms with E-state index in [4.69, 9.17) is 9.47 Å². The van der Waals surface area contributed by atoms with Gasteiger partial charge in [0.1, 0.15) is 0 Å². The molecule has 1 atom stereocenters. The predicted molar refractivity (Wildman–Crippen MR) is 113 cm³/mol. The molecule has 1 aliphatic heterocycles. The van der Waals surface area contributed by atoms with Crippen LogP contribution >= 0.6 is 0 Å². The van der Waals surface area contributed by atoms with E-state index in [-0.39, 0.29) is 51.1 Å². The van der Waals surface area contributed by atoms with Crippen LogP contribution in [0.25, 0.3) is 5.57 Å². The summed E-state index contributed by atoms with van der Waals surface area (Å²) in [6.07, 6.45) is 4.22. The molecule has 1 aromatic rings. The number of benzene rings is 1. The van der Waals surface area contributed by atoms with Gasteiger partial charge in [-0.15, -0.1) is 0 Å². The maximum atomic E-state index is 13.0. The third kappa shape index (κ3) is 7.10. The minimum Gasteiger partial charge on any atom is -0.358 e. The van der Waals surface area contributed by atoms with Gasteiger partial charge in [-0.3, -0.25) is 0 Å². The van der Waals surface area contributed by atoms with Crippen LogP contribution in [0, 0.1) is 45.5 Å². The van der Waals surface area contributed by atoms with Crippen LogP contribution in [0.4, 0.5) is 4.79 Å². The Morgan fingerprint density at radius 3 is 2.48 bits per heavy atom. The summed E-state index contributed by atoms with van der Waals surface area (Å²) in [5, 5.41) is 3.15. The minimum absolute atomic E-state index is 0. The topological polar surface area (TPSA) is 64.6 Å². The van der Waals surface area contributed by atoms with Crippen molar-refractivity contribution in [2.24, 2.45) is 0 Å². The Morgan fingerprint density at radius 1 is 1.21 bits per heavy atom. The molecule has 1 aliphatic rings. The molecule has 0 bridgehead atoms. The van der Waals surface area contributed by atoms with Crippen LogP contribution in [0.2, 0.25) is 0 Å². The average Bonchev–Trinajstić information content (AvgIpc) is 2.88. The standard InChI is InChI=1S/C21H27NO4.CH3.Tl.U/c1-4-7-11-15-21(14-5-2)18(26-20(24)25-6-3)17(19(23)22-21)16-12-9-8-10-13-16;;;/h8-10,12H,1,4-7,11,14-15H2,2-3H3,(H,22,23);1H3;;/q2*-1;;+2. The van der Waals surface area contributed by atoms with Gasteiger partial charge in [0.05, 0.1) is 0 Å². The zero-order valence-corrected chi connectivity index (χ0v) is 26.3. The van der Waals surface area contributed by atoms with Gasteiger partial charge in [-0.1, -0.05) is 0 Å². The molecule has 1 aromatic carbocycles. The van der Waals surface area contributed by atoms with Crippen molar-refractivity contribution in [3.05, 3.63) is 49.9 Å². The molecule has 7 heteroatoms. The largest absolute Gasteiger partial charge is 2.00 e. The third-order valence-corrected chi connectivity index (χ3v) is 6.66. The van der Waals surface area contributed by atoms with Crippen LogP contribution in [0.5, 0.6) is 0 Å². The Balaban J connectivity index is 0.00000392. The van der Waals surface area contributed by atoms with Gasteiger partial charge < -0.3 is 7.43 Å². The molecule has 154 valence electrons. The summed E-state index contributed by atoms with van der Waals surface area (Å²) in [7, 11) is 0. The molecule has 0 saturated carbocycles. The van der Waals surface area contributed by atoms with Crippen molar-refractivity contribution in [1.29, 1.82) is 0 Å². The number of carbonyl (C=O) groups is 2. The van der Waals surface area contributed by atoms with E-state index in [0.717, 1.165) is 34.4 Å². The summed E-state index contributed by atoms with van der Waals surface area (Å²) in [6, 6.07) is 7.82. The maximum absolute atomic E-state index is 13.0. The fraction of sp³-hybridized carbons (Fsp3) is 0.455. The van der Waals surface area contributed by atoms with E-state index < -0.39 is 11.7 Å². The third-order valence-electron chi connectivity index (χ3n) is 4.70. The first-order valence-electron chi connectivity index (χ1n) is 9.55. The first kappa shape index (κ1) is 28.7. The molecule has 5 nitrogen and oxygen atoms in total. The number of ether oxygens (including phenoxy) is 2. The number of nitrogens with one attached hydrogen (secondary N) is 1. The van der Waals surface area contributed by atoms with E-state index >= 15 is 0 Å². The van der Waals surface area contributed by atoms with Crippen LogP contribution in [0.1, 0.15) is 57.9 Å². The number of amides is 1. The molecule has 2 rings (SSSR count). The van der Waals surface area contributed by atoms with E-state index in [0.29, 0.717) is 49.9 Å². The van der Waals surface area contributed by atoms with Gasteiger partial charge in [0.25, 0.3) is 0 Å². The van der Waals surface area contributed by atoms with Crippen molar-refractivity contribution in [2.45, 2.75) is 57.9 Å². The molecule has 0 spiro atoms. The summed E-state index contributed by atoms with van der Waals surface area (Å²) in [5.74, 6) is 0.246. The number of hydrogen-bond donors (Lipinski definition) is 1. The zero-order valence-electron chi connectivity index (χ0n) is 17.7. The van der Waals surface area contributed by atoms with E-state index in [1.54, 1.807) is 6.92 Å². The van der Waals surface area contributed by atoms with E-state index in [1.165, 1.54) is 0 Å². The fourth-order valence-corrected chi connectivity index (χ4v) is 4.90. The molecule has 29 heavy (non-hydrogen) atoms. The van der Waals surface area contributed by atoms with Crippen molar-refractivity contribution in [1.82, 2.24) is 5.32 Å². The number of carbonyl (C=O) groups excluding carboxylic acids is 2. The van der Waals surface area contributed by atoms with Gasteiger partial charge in [-0.25, -0.2) is 0 Å². The van der Waals surface area contributed by atoms with Crippen molar-refractivity contribution in [2.75, 3.05) is 6.61 Å². The molecule has 0 saturated heterocycles. The second kappa shape index (κ2) is 13.9.